The molecule has 0 saturated heterocycles. The molecule has 0 saturated carbocycles. The molecule has 0 aliphatic carbocycles. The van der Waals surface area contributed by atoms with Crippen LogP contribution in [-0.4, -0.2) is 155 Å². The summed E-state index contributed by atoms with van der Waals surface area (Å²) in [4.78, 5) is 81.1. The van der Waals surface area contributed by atoms with Gasteiger partial charge in [-0.1, -0.05) is 50.2 Å². The van der Waals surface area contributed by atoms with Crippen LogP contribution >= 0.6 is 0 Å². The minimum absolute atomic E-state index is 0.00459. The molecule has 466 valence electrons. The van der Waals surface area contributed by atoms with Crippen molar-refractivity contribution in [2.24, 2.45) is 5.73 Å². The van der Waals surface area contributed by atoms with E-state index >= 15 is 0 Å². The highest BCUT2D eigenvalue weighted by molar-refractivity contribution is 7.90. The Morgan fingerprint density at radius 1 is 0.500 bits per heavy atom. The predicted octanol–water partition coefficient (Wildman–Crippen LogP) is 4.83. The molecule has 6 aromatic rings. The second-order valence-corrected chi connectivity index (χ2v) is 23.9. The Labute approximate surface area is 505 Å². The van der Waals surface area contributed by atoms with Gasteiger partial charge < -0.3 is 57.7 Å². The van der Waals surface area contributed by atoms with Gasteiger partial charge in [0.15, 0.2) is 34.4 Å². The number of nitrogens with zero attached hydrogens (tertiary/aromatic N) is 6. The normalized spacial score (nSPS) is 14.5. The average molecular weight is 1270 g/mol. The van der Waals surface area contributed by atoms with Crippen LogP contribution in [0.3, 0.4) is 0 Å². The number of nitrogen functional groups attached to an aromatic ring is 1. The number of pyridine rings is 3. The highest BCUT2D eigenvalue weighted by atomic mass is 32.2. The lowest BCUT2D eigenvalue weighted by Crippen LogP contribution is -2.37. The SMILES string of the molecule is CCCN.CCCNC(=O)c1ccc(NC(=O)C2=C(O)c3ccccc3S(=O)(=O)N2C)nc1.CCOC(=O)C1=C(O)c2ccccc2S(=O)(=O)N1C.CN1C(C(=O)Nc2ccc(C(=O)O)cn2)=C(O)c2ccccc2S1(=O)=O.Nc1ccc(C(=O)O)cn1. The van der Waals surface area contributed by atoms with Gasteiger partial charge in [-0.3, -0.25) is 27.3 Å². The van der Waals surface area contributed by atoms with Crippen LogP contribution < -0.4 is 27.4 Å². The van der Waals surface area contributed by atoms with Crippen molar-refractivity contribution in [3.05, 3.63) is 178 Å². The topological polar surface area (TPSA) is 452 Å². The molecule has 6 heterocycles. The van der Waals surface area contributed by atoms with Gasteiger partial charge >= 0.3 is 17.9 Å². The number of aliphatic hydroxyl groups excluding tert-OH is 3. The third-order valence-electron chi connectivity index (χ3n) is 12.2. The lowest BCUT2D eigenvalue weighted by atomic mass is 10.1. The van der Waals surface area contributed by atoms with E-state index in [1.807, 2.05) is 6.92 Å². The first-order chi connectivity index (χ1) is 41.5. The number of hydrogen-bond donors (Lipinski definition) is 10. The molecular weight excluding hydrogens is 1210 g/mol. The molecule has 32 heteroatoms. The zero-order valence-electron chi connectivity index (χ0n) is 47.8. The van der Waals surface area contributed by atoms with Gasteiger partial charge in [0.05, 0.1) is 38.0 Å². The molecule has 0 radical (unpaired) electrons. The van der Waals surface area contributed by atoms with Crippen LogP contribution in [0.4, 0.5) is 17.5 Å². The van der Waals surface area contributed by atoms with E-state index in [0.717, 1.165) is 41.2 Å². The van der Waals surface area contributed by atoms with Crippen LogP contribution in [0.2, 0.25) is 0 Å². The summed E-state index contributed by atoms with van der Waals surface area (Å²) < 4.78 is 81.8. The van der Waals surface area contributed by atoms with Gasteiger partial charge in [0.2, 0.25) is 0 Å². The van der Waals surface area contributed by atoms with Gasteiger partial charge in [-0.2, -0.15) is 0 Å². The molecule has 0 bridgehead atoms. The average Bonchev–Trinajstić information content (AvgIpc) is 0.901. The number of hydrogen-bond acceptors (Lipinski definition) is 21. The number of carboxylic acid groups (broad SMARTS) is 2. The quantitative estimate of drug-likeness (QED) is 0.0733. The summed E-state index contributed by atoms with van der Waals surface area (Å²) in [5.41, 5.74) is 9.56. The Morgan fingerprint density at radius 2 is 0.852 bits per heavy atom. The van der Waals surface area contributed by atoms with E-state index in [1.54, 1.807) is 25.1 Å². The van der Waals surface area contributed by atoms with Crippen LogP contribution in [0.25, 0.3) is 17.3 Å². The zero-order chi connectivity index (χ0) is 65.4. The molecule has 3 amide bonds. The number of ether oxygens (including phenoxy) is 1. The van der Waals surface area contributed by atoms with Crippen molar-refractivity contribution in [2.75, 3.05) is 57.2 Å². The Bertz CT molecular complexity index is 4070. The first-order valence-corrected chi connectivity index (χ1v) is 30.3. The van der Waals surface area contributed by atoms with Crippen molar-refractivity contribution in [3.63, 3.8) is 0 Å². The van der Waals surface area contributed by atoms with E-state index in [9.17, 15) is 69.3 Å². The Hall–Kier alpha value is -10.4. The van der Waals surface area contributed by atoms with Crippen LogP contribution in [0.1, 0.15) is 81.4 Å². The lowest BCUT2D eigenvalue weighted by molar-refractivity contribution is -0.139. The summed E-state index contributed by atoms with van der Waals surface area (Å²) in [6, 6.07) is 25.8. The minimum atomic E-state index is -4.00. The number of aromatic nitrogens is 3. The second-order valence-electron chi connectivity index (χ2n) is 18.1. The standard InChI is InChI=1S/C19H20N4O5S.C16H13N3O6S.C12H13NO5S.C6H6N2O2.C3H9N/c1-3-10-20-18(25)12-8-9-15(21-11-12)22-19(26)16-17(24)13-6-4-5-7-14(13)29(27,28)23(16)2;1-19-13(14(20)10-4-2-3-5-11(10)26(19,24)25)15(21)18-12-7-6-9(8-17-12)16(22)23;1-3-18-12(15)10-11(14)8-6-4-5-7-9(8)19(16,17)13(10)2;7-5-2-1-4(3-8-5)6(9)10;1-2-3-4/h4-9,11,24H,3,10H2,1-2H3,(H,20,25)(H,21,22,26);2-8,20H,1H3,(H,22,23)(H,17,18,21);4-7,14H,3H2,1-2H3;1-3H,(H2,7,8)(H,9,10);2-4H2,1H3. The van der Waals surface area contributed by atoms with Crippen molar-refractivity contribution >= 4 is 100 Å². The van der Waals surface area contributed by atoms with Crippen LogP contribution in [0.5, 0.6) is 0 Å². The number of carbonyl (C=O) groups is 6. The number of nitrogens with two attached hydrogens (primary N) is 2. The number of esters is 1. The number of aromatic carboxylic acids is 2. The fourth-order valence-electron chi connectivity index (χ4n) is 7.64. The summed E-state index contributed by atoms with van der Waals surface area (Å²) in [5, 5.41) is 55.7. The lowest BCUT2D eigenvalue weighted by Gasteiger charge is -2.28. The van der Waals surface area contributed by atoms with Crippen molar-refractivity contribution in [3.8, 4) is 0 Å². The largest absolute Gasteiger partial charge is 0.505 e. The van der Waals surface area contributed by atoms with Crippen LogP contribution in [0, 0.1) is 0 Å². The van der Waals surface area contributed by atoms with Crippen molar-refractivity contribution in [2.45, 2.75) is 48.3 Å². The number of fused-ring (bicyclic) bond motifs is 3. The molecule has 3 aromatic carbocycles. The highest BCUT2D eigenvalue weighted by Crippen LogP contribution is 2.37. The molecule has 0 fully saturated rings. The second kappa shape index (κ2) is 29.6. The molecule has 3 aliphatic rings. The molecule has 0 spiro atoms. The first kappa shape index (κ1) is 68.3. The maximum absolute atomic E-state index is 12.7. The van der Waals surface area contributed by atoms with Gasteiger partial charge in [-0.05, 0) is 99.1 Å². The number of aliphatic hydroxyl groups is 3. The van der Waals surface area contributed by atoms with Crippen LogP contribution in [0.15, 0.2) is 160 Å². The Balaban J connectivity index is 0.000000219. The molecular formula is C56H61N11O18S3. The number of amides is 3. The van der Waals surface area contributed by atoms with E-state index in [4.69, 9.17) is 26.4 Å². The summed E-state index contributed by atoms with van der Waals surface area (Å²) in [7, 11) is -8.30. The van der Waals surface area contributed by atoms with E-state index in [2.05, 4.69) is 37.8 Å². The fraction of sp³-hybridized carbons (Fsp3) is 0.196. The molecule has 29 nitrogen and oxygen atoms in total. The monoisotopic (exact) mass is 1270 g/mol. The number of rotatable bonds is 12. The third kappa shape index (κ3) is 15.5. The zero-order valence-corrected chi connectivity index (χ0v) is 50.2. The number of benzene rings is 3. The molecule has 88 heavy (non-hydrogen) atoms. The molecule has 3 aromatic heterocycles. The number of carboxylic acids is 2. The minimum Gasteiger partial charge on any atom is -0.505 e. The highest BCUT2D eigenvalue weighted by Gasteiger charge is 2.41. The van der Waals surface area contributed by atoms with E-state index in [1.165, 1.54) is 117 Å². The third-order valence-corrected chi connectivity index (χ3v) is 17.7. The van der Waals surface area contributed by atoms with Gasteiger partial charge in [-0.25, -0.2) is 54.6 Å². The number of anilines is 3. The van der Waals surface area contributed by atoms with E-state index in [0.29, 0.717) is 22.2 Å². The maximum Gasteiger partial charge on any atom is 0.359 e. The fourth-order valence-corrected chi connectivity index (χ4v) is 11.8. The Morgan fingerprint density at radius 3 is 1.18 bits per heavy atom. The van der Waals surface area contributed by atoms with Gasteiger partial charge in [0, 0.05) is 63.0 Å². The maximum atomic E-state index is 12.7. The van der Waals surface area contributed by atoms with E-state index < -0.39 is 88.5 Å². The molecule has 12 N–H and O–H groups in total. The Kier molecular flexibility index (Phi) is 23.0. The molecule has 0 atom stereocenters. The van der Waals surface area contributed by atoms with Gasteiger partial charge in [0.1, 0.15) is 17.5 Å². The van der Waals surface area contributed by atoms with Crippen molar-refractivity contribution in [1.82, 2.24) is 33.2 Å². The summed E-state index contributed by atoms with van der Waals surface area (Å²) in [5.74, 6) is -5.99. The van der Waals surface area contributed by atoms with Crippen molar-refractivity contribution < 1.29 is 84.3 Å². The number of likely N-dealkylation sites (N-methyl/N-ethyl adjacent to an activating group) is 3. The van der Waals surface area contributed by atoms with Crippen LogP contribution in [-0.2, 0) is 49.2 Å². The molecule has 3 aliphatic heterocycles. The summed E-state index contributed by atoms with van der Waals surface area (Å²) in [6.45, 7) is 7.03. The molecule has 9 rings (SSSR count). The number of nitrogens with one attached hydrogen (secondary N) is 3. The summed E-state index contributed by atoms with van der Waals surface area (Å²) in [6.07, 6.45) is 5.46. The predicted molar refractivity (Wildman–Crippen MR) is 320 cm³/mol. The first-order valence-electron chi connectivity index (χ1n) is 26.0. The number of sulfonamides is 3. The number of carbonyl (C=O) groups excluding carboxylic acids is 4. The van der Waals surface area contributed by atoms with Gasteiger partial charge in [0.25, 0.3) is 47.8 Å². The summed E-state index contributed by atoms with van der Waals surface area (Å²) >= 11 is 0. The van der Waals surface area contributed by atoms with Gasteiger partial charge in [-0.15, -0.1) is 0 Å². The van der Waals surface area contributed by atoms with E-state index in [-0.39, 0.29) is 72.4 Å². The van der Waals surface area contributed by atoms with Crippen molar-refractivity contribution in [1.29, 1.82) is 0 Å². The smallest absolute Gasteiger partial charge is 0.359 e. The molecule has 0 unspecified atom stereocenters.